The summed E-state index contributed by atoms with van der Waals surface area (Å²) in [6.45, 7) is 5.76. The van der Waals surface area contributed by atoms with Gasteiger partial charge < -0.3 is 75.3 Å². The summed E-state index contributed by atoms with van der Waals surface area (Å²) in [7, 11) is 0. The molecule has 0 heterocycles. The van der Waals surface area contributed by atoms with Crippen molar-refractivity contribution in [3.63, 3.8) is 0 Å². The van der Waals surface area contributed by atoms with Crippen LogP contribution in [0.25, 0.3) is 0 Å². The Labute approximate surface area is 326 Å². The van der Waals surface area contributed by atoms with Gasteiger partial charge in [0.25, 0.3) is 0 Å². The predicted octanol–water partition coefficient (Wildman–Crippen LogP) is -5.98. The summed E-state index contributed by atoms with van der Waals surface area (Å²) < 4.78 is 0. The summed E-state index contributed by atoms with van der Waals surface area (Å²) >= 11 is 0. The molecule has 8 atom stereocenters. The molecule has 0 saturated carbocycles. The Morgan fingerprint density at radius 3 is 1.58 bits per heavy atom. The molecule has 0 aliphatic carbocycles. The van der Waals surface area contributed by atoms with Gasteiger partial charge in [0.1, 0.15) is 36.3 Å². The Hall–Kier alpha value is -6.11. The van der Waals surface area contributed by atoms with Crippen molar-refractivity contribution in [2.24, 2.45) is 33.8 Å². The Balaban J connectivity index is 6.04. The molecule has 0 spiro atoms. The largest absolute Gasteiger partial charge is 0.481 e. The van der Waals surface area contributed by atoms with Crippen LogP contribution in [0.1, 0.15) is 72.6 Å². The third-order valence-electron chi connectivity index (χ3n) is 7.77. The van der Waals surface area contributed by atoms with Gasteiger partial charge in [0.05, 0.1) is 25.0 Å². The average Bonchev–Trinajstić information content (AvgIpc) is 3.08. The molecule has 57 heavy (non-hydrogen) atoms. The number of carboxylic acid groups (broad SMARTS) is 3. The molecule has 25 nitrogen and oxygen atoms in total. The van der Waals surface area contributed by atoms with Gasteiger partial charge >= 0.3 is 17.9 Å². The van der Waals surface area contributed by atoms with Crippen LogP contribution < -0.4 is 54.8 Å². The molecule has 0 aromatic carbocycles. The van der Waals surface area contributed by atoms with Crippen molar-refractivity contribution in [1.29, 1.82) is 0 Å². The smallest absolute Gasteiger partial charge is 0.326 e. The third-order valence-corrected chi connectivity index (χ3v) is 7.77. The maximum absolute atomic E-state index is 13.5. The van der Waals surface area contributed by atoms with Crippen LogP contribution in [0.15, 0.2) is 4.99 Å². The fraction of sp³-hybridized carbons (Fsp3) is 0.656. The minimum Gasteiger partial charge on any atom is -0.481 e. The number of nitrogens with zero attached hydrogens (tertiary/aromatic N) is 1. The maximum Gasteiger partial charge on any atom is 0.326 e. The van der Waals surface area contributed by atoms with Crippen molar-refractivity contribution in [2.75, 3.05) is 6.54 Å². The number of carbonyl (C=O) groups is 10. The standard InChI is InChI=1S/C32H55N11O14/c1-13(2)10-18(29(54)43-24(15(4)44)30(55)39-17(31(56)57)7-8-22(46)47)41-27(52)19(11-21(34)45)42-28(53)20(12-23(48)49)40-25(50)14(3)38-26(51)16(33)6-5-9-37-32(35)36/h13-20,24,44H,5-12,33H2,1-4H3,(H2,34,45)(H,38,51)(H,39,55)(H,40,50)(H,41,52)(H,42,53)(H,43,54)(H,46,47)(H,48,49)(H,56,57)(H4,35,36,37)/t14-,15+,16-,17-,18-,19-,20-,24-/m0/s1. The van der Waals surface area contributed by atoms with Crippen molar-refractivity contribution >= 4 is 65.2 Å². The van der Waals surface area contributed by atoms with Crippen molar-refractivity contribution in [2.45, 2.75) is 121 Å². The second-order valence-corrected chi connectivity index (χ2v) is 13.4. The average molecular weight is 818 g/mol. The molecular weight excluding hydrogens is 762 g/mol. The molecular formula is C32H55N11O14. The van der Waals surface area contributed by atoms with Gasteiger partial charge in [-0.3, -0.25) is 48.1 Å². The van der Waals surface area contributed by atoms with Gasteiger partial charge in [-0.15, -0.1) is 0 Å². The molecule has 0 aromatic heterocycles. The van der Waals surface area contributed by atoms with E-state index in [0.717, 1.165) is 6.92 Å². The summed E-state index contributed by atoms with van der Waals surface area (Å²) in [5, 5.41) is 51.1. The number of nitrogens with two attached hydrogens (primary N) is 4. The van der Waals surface area contributed by atoms with Crippen molar-refractivity contribution < 1.29 is 68.4 Å². The summed E-state index contributed by atoms with van der Waals surface area (Å²) in [5.41, 5.74) is 21.6. The normalized spacial score (nSPS) is 15.1. The van der Waals surface area contributed by atoms with Gasteiger partial charge in [0, 0.05) is 13.0 Å². The number of hydrogen-bond donors (Lipinski definition) is 14. The summed E-state index contributed by atoms with van der Waals surface area (Å²) in [4.78, 5) is 128. The highest BCUT2D eigenvalue weighted by atomic mass is 16.4. The van der Waals surface area contributed by atoms with Gasteiger partial charge in [0.15, 0.2) is 5.96 Å². The maximum atomic E-state index is 13.5. The topological polar surface area (TPSA) is 440 Å². The van der Waals surface area contributed by atoms with E-state index in [-0.39, 0.29) is 31.3 Å². The quantitative estimate of drug-likeness (QED) is 0.0208. The zero-order chi connectivity index (χ0) is 44.2. The Morgan fingerprint density at radius 2 is 1.11 bits per heavy atom. The number of rotatable bonds is 27. The van der Waals surface area contributed by atoms with Gasteiger partial charge in [-0.2, -0.15) is 0 Å². The molecule has 0 aromatic rings. The van der Waals surface area contributed by atoms with E-state index in [4.69, 9.17) is 28.0 Å². The molecule has 322 valence electrons. The third kappa shape index (κ3) is 21.0. The number of amides is 7. The number of aliphatic hydroxyl groups excluding tert-OH is 1. The van der Waals surface area contributed by atoms with Crippen LogP contribution in [0.3, 0.4) is 0 Å². The first-order valence-corrected chi connectivity index (χ1v) is 17.6. The SMILES string of the molecule is CC(C)C[C@H](NC(=O)[C@H](CC(N)=O)NC(=O)[C@H](CC(=O)O)NC(=O)[C@H](C)NC(=O)[C@@H](N)CCCN=C(N)N)C(=O)N[C@H](C(=O)N[C@@H](CCC(=O)O)C(=O)O)[C@@H](C)O. The van der Waals surface area contributed by atoms with E-state index >= 15 is 0 Å². The molecule has 0 aliphatic heterocycles. The van der Waals surface area contributed by atoms with Gasteiger partial charge in [0.2, 0.25) is 41.4 Å². The van der Waals surface area contributed by atoms with E-state index in [1.165, 1.54) is 6.92 Å². The number of carboxylic acids is 3. The molecule has 0 fully saturated rings. The minimum atomic E-state index is -1.88. The lowest BCUT2D eigenvalue weighted by atomic mass is 10.0. The first kappa shape index (κ1) is 50.9. The van der Waals surface area contributed by atoms with E-state index < -0.39 is 133 Å². The van der Waals surface area contributed by atoms with Crippen LogP contribution in [-0.4, -0.2) is 141 Å². The monoisotopic (exact) mass is 817 g/mol. The molecule has 0 unspecified atom stereocenters. The van der Waals surface area contributed by atoms with E-state index in [2.05, 4.69) is 31.6 Å². The highest BCUT2D eigenvalue weighted by Gasteiger charge is 2.35. The lowest BCUT2D eigenvalue weighted by molar-refractivity contribution is -0.144. The van der Waals surface area contributed by atoms with Crippen molar-refractivity contribution in [3.05, 3.63) is 0 Å². The zero-order valence-electron chi connectivity index (χ0n) is 32.0. The van der Waals surface area contributed by atoms with Gasteiger partial charge in [-0.05, 0) is 45.4 Å². The fourth-order valence-electron chi connectivity index (χ4n) is 4.82. The van der Waals surface area contributed by atoms with E-state index in [0.29, 0.717) is 6.42 Å². The Kier molecular flexibility index (Phi) is 22.4. The van der Waals surface area contributed by atoms with Crippen LogP contribution in [0, 0.1) is 5.92 Å². The highest BCUT2D eigenvalue weighted by Crippen LogP contribution is 2.09. The van der Waals surface area contributed by atoms with E-state index in [1.54, 1.807) is 13.8 Å². The van der Waals surface area contributed by atoms with E-state index in [1.807, 2.05) is 5.32 Å². The Morgan fingerprint density at radius 1 is 0.596 bits per heavy atom. The van der Waals surface area contributed by atoms with Crippen LogP contribution in [0.2, 0.25) is 0 Å². The Bertz CT molecular complexity index is 1500. The number of aliphatic carboxylic acids is 3. The number of carbonyl (C=O) groups excluding carboxylic acids is 7. The van der Waals surface area contributed by atoms with Crippen LogP contribution in [-0.2, 0) is 47.9 Å². The van der Waals surface area contributed by atoms with Crippen LogP contribution in [0.5, 0.6) is 0 Å². The van der Waals surface area contributed by atoms with Gasteiger partial charge in [-0.1, -0.05) is 13.8 Å². The molecule has 18 N–H and O–H groups in total. The fourth-order valence-corrected chi connectivity index (χ4v) is 4.82. The molecule has 7 amide bonds. The number of nitrogens with one attached hydrogen (secondary N) is 6. The first-order chi connectivity index (χ1) is 26.3. The molecule has 0 rings (SSSR count). The van der Waals surface area contributed by atoms with Crippen molar-refractivity contribution in [3.8, 4) is 0 Å². The summed E-state index contributed by atoms with van der Waals surface area (Å²) in [6.07, 6.45) is -4.41. The number of aliphatic imine (C=N–C) groups is 1. The number of hydrogen-bond acceptors (Lipinski definition) is 13. The van der Waals surface area contributed by atoms with Crippen LogP contribution >= 0.6 is 0 Å². The number of aliphatic hydroxyl groups is 1. The number of primary amides is 1. The molecule has 0 radical (unpaired) electrons. The predicted molar refractivity (Wildman–Crippen MR) is 197 cm³/mol. The molecule has 0 aliphatic rings. The van der Waals surface area contributed by atoms with Crippen molar-refractivity contribution in [1.82, 2.24) is 31.9 Å². The lowest BCUT2D eigenvalue weighted by Crippen LogP contribution is -2.61. The molecule has 0 bridgehead atoms. The molecule has 25 heteroatoms. The second-order valence-electron chi connectivity index (χ2n) is 13.4. The number of guanidine groups is 1. The zero-order valence-corrected chi connectivity index (χ0v) is 32.0. The lowest BCUT2D eigenvalue weighted by Gasteiger charge is -2.28. The molecule has 0 saturated heterocycles. The minimum absolute atomic E-state index is 0.129. The summed E-state index contributed by atoms with van der Waals surface area (Å²) in [5.74, 6) is -12.7. The second kappa shape index (κ2) is 25.1. The first-order valence-electron chi connectivity index (χ1n) is 17.6. The van der Waals surface area contributed by atoms with Crippen LogP contribution in [0.4, 0.5) is 0 Å². The van der Waals surface area contributed by atoms with E-state index in [9.17, 15) is 63.3 Å². The highest BCUT2D eigenvalue weighted by molar-refractivity contribution is 5.99. The van der Waals surface area contributed by atoms with Gasteiger partial charge in [-0.25, -0.2) is 4.79 Å². The summed E-state index contributed by atoms with van der Waals surface area (Å²) in [6, 6.07) is -11.2.